The molecule has 7 heteroatoms. The maximum absolute atomic E-state index is 12.5. The summed E-state index contributed by atoms with van der Waals surface area (Å²) in [7, 11) is 0. The van der Waals surface area contributed by atoms with E-state index >= 15 is 0 Å². The van der Waals surface area contributed by atoms with Gasteiger partial charge >= 0.3 is 0 Å². The molecule has 0 saturated heterocycles. The van der Waals surface area contributed by atoms with Gasteiger partial charge in [-0.2, -0.15) is 0 Å². The number of anilines is 1. The molecule has 1 N–H and O–H groups in total. The molecule has 1 aliphatic heterocycles. The summed E-state index contributed by atoms with van der Waals surface area (Å²) in [6, 6.07) is 9.29. The van der Waals surface area contributed by atoms with E-state index in [1.54, 1.807) is 0 Å². The summed E-state index contributed by atoms with van der Waals surface area (Å²) in [5.41, 5.74) is 1.69. The van der Waals surface area contributed by atoms with Crippen LogP contribution in [0.15, 0.2) is 30.3 Å². The number of hydrogen-bond donors (Lipinski definition) is 1. The Bertz CT molecular complexity index is 717. The van der Waals surface area contributed by atoms with Gasteiger partial charge in [-0.15, -0.1) is 0 Å². The van der Waals surface area contributed by atoms with Crippen LogP contribution in [0.25, 0.3) is 0 Å². The summed E-state index contributed by atoms with van der Waals surface area (Å²) in [6.45, 7) is 1.20. The monoisotopic (exact) mass is 393 g/mol. The number of carbonyl (C=O) groups excluding carboxylic acids is 2. The molecule has 3 rings (SSSR count). The Labute approximate surface area is 146 Å². The van der Waals surface area contributed by atoms with E-state index < -0.39 is 0 Å². The van der Waals surface area contributed by atoms with E-state index in [0.29, 0.717) is 35.5 Å². The molecular weight excluding hydrogens is 378 g/mol. The van der Waals surface area contributed by atoms with Crippen LogP contribution in [0.5, 0.6) is 0 Å². The fraction of sp³-hybridized carbons (Fsp3) is 0.312. The highest BCUT2D eigenvalue weighted by Crippen LogP contribution is 2.29. The average molecular weight is 394 g/mol. The van der Waals surface area contributed by atoms with Crippen LogP contribution >= 0.6 is 27.3 Å². The molecular formula is C16H16BrN3O2S. The predicted molar refractivity (Wildman–Crippen MR) is 94.0 cm³/mol. The van der Waals surface area contributed by atoms with E-state index in [0.717, 1.165) is 17.0 Å². The van der Waals surface area contributed by atoms with Crippen molar-refractivity contribution in [1.82, 2.24) is 9.88 Å². The number of nitrogens with zero attached hydrogens (tertiary/aromatic N) is 2. The standard InChI is InChI=1S/C16H16BrN3O2S/c17-8-6-14(21)19-16-18-12-7-9-20(10-13(12)23-16)15(22)11-4-2-1-3-5-11/h1-5H,6-10H2,(H,18,19,21). The molecule has 23 heavy (non-hydrogen) atoms. The van der Waals surface area contributed by atoms with Gasteiger partial charge in [0, 0.05) is 35.2 Å². The molecule has 0 aliphatic carbocycles. The first kappa shape index (κ1) is 16.1. The zero-order valence-corrected chi connectivity index (χ0v) is 14.8. The fourth-order valence-electron chi connectivity index (χ4n) is 2.45. The van der Waals surface area contributed by atoms with Crippen LogP contribution in [0.3, 0.4) is 0 Å². The average Bonchev–Trinajstić information content (AvgIpc) is 2.96. The number of alkyl halides is 1. The molecule has 1 aliphatic rings. The second-order valence-corrected chi connectivity index (χ2v) is 7.10. The maximum atomic E-state index is 12.5. The molecule has 0 fully saturated rings. The van der Waals surface area contributed by atoms with Gasteiger partial charge in [0.15, 0.2) is 5.13 Å². The topological polar surface area (TPSA) is 62.3 Å². The van der Waals surface area contributed by atoms with E-state index in [4.69, 9.17) is 0 Å². The Morgan fingerprint density at radius 2 is 2.09 bits per heavy atom. The number of thiazole rings is 1. The second-order valence-electron chi connectivity index (χ2n) is 5.22. The number of fused-ring (bicyclic) bond motifs is 1. The quantitative estimate of drug-likeness (QED) is 0.811. The van der Waals surface area contributed by atoms with Crippen LogP contribution in [-0.2, 0) is 17.8 Å². The van der Waals surface area contributed by atoms with Crippen molar-refractivity contribution in [3.8, 4) is 0 Å². The zero-order chi connectivity index (χ0) is 16.2. The van der Waals surface area contributed by atoms with E-state index in [1.807, 2.05) is 35.2 Å². The SMILES string of the molecule is O=C(CCBr)Nc1nc2c(s1)CN(C(=O)c1ccccc1)CC2. The minimum absolute atomic E-state index is 0.0366. The third-order valence-electron chi connectivity index (χ3n) is 3.61. The predicted octanol–water partition coefficient (Wildman–Crippen LogP) is 3.07. The Kier molecular flexibility index (Phi) is 5.07. The summed E-state index contributed by atoms with van der Waals surface area (Å²) >= 11 is 4.70. The molecule has 5 nitrogen and oxygen atoms in total. The van der Waals surface area contributed by atoms with Crippen LogP contribution in [0.2, 0.25) is 0 Å². The van der Waals surface area contributed by atoms with Crippen molar-refractivity contribution in [2.24, 2.45) is 0 Å². The number of amides is 2. The maximum Gasteiger partial charge on any atom is 0.254 e. The molecule has 0 bridgehead atoms. The normalized spacial score (nSPS) is 13.5. The number of halogens is 1. The smallest absolute Gasteiger partial charge is 0.254 e. The Morgan fingerprint density at radius 3 is 2.83 bits per heavy atom. The first-order valence-electron chi connectivity index (χ1n) is 7.36. The fourth-order valence-corrected chi connectivity index (χ4v) is 3.85. The third-order valence-corrected chi connectivity index (χ3v) is 5.00. The summed E-state index contributed by atoms with van der Waals surface area (Å²) in [5.74, 6) is -0.0142. The summed E-state index contributed by atoms with van der Waals surface area (Å²) < 4.78 is 0. The van der Waals surface area contributed by atoms with E-state index in [1.165, 1.54) is 11.3 Å². The third kappa shape index (κ3) is 3.79. The summed E-state index contributed by atoms with van der Waals surface area (Å²) in [5, 5.41) is 4.06. The van der Waals surface area contributed by atoms with Gasteiger partial charge in [-0.3, -0.25) is 9.59 Å². The lowest BCUT2D eigenvalue weighted by Crippen LogP contribution is -2.35. The minimum Gasteiger partial charge on any atom is -0.333 e. The highest BCUT2D eigenvalue weighted by molar-refractivity contribution is 9.09. The van der Waals surface area contributed by atoms with Crippen LogP contribution in [0, 0.1) is 0 Å². The molecule has 0 spiro atoms. The highest BCUT2D eigenvalue weighted by atomic mass is 79.9. The molecule has 120 valence electrons. The van der Waals surface area contributed by atoms with Crippen molar-refractivity contribution in [1.29, 1.82) is 0 Å². The van der Waals surface area contributed by atoms with Crippen LogP contribution < -0.4 is 5.32 Å². The molecule has 1 aromatic heterocycles. The molecule has 1 aromatic carbocycles. The van der Waals surface area contributed by atoms with Crippen molar-refractivity contribution in [2.75, 3.05) is 17.2 Å². The van der Waals surface area contributed by atoms with Gasteiger partial charge in [-0.1, -0.05) is 45.5 Å². The second kappa shape index (κ2) is 7.23. The molecule has 0 unspecified atom stereocenters. The summed E-state index contributed by atoms with van der Waals surface area (Å²) in [4.78, 5) is 31.5. The number of nitrogens with one attached hydrogen (secondary N) is 1. The molecule has 2 amide bonds. The Hall–Kier alpha value is -1.73. The Morgan fingerprint density at radius 1 is 1.30 bits per heavy atom. The van der Waals surface area contributed by atoms with Gasteiger partial charge in [-0.05, 0) is 12.1 Å². The van der Waals surface area contributed by atoms with Crippen molar-refractivity contribution < 1.29 is 9.59 Å². The van der Waals surface area contributed by atoms with Gasteiger partial charge in [0.25, 0.3) is 5.91 Å². The van der Waals surface area contributed by atoms with Crippen LogP contribution in [-0.4, -0.2) is 33.6 Å². The number of aromatic nitrogens is 1. The largest absolute Gasteiger partial charge is 0.333 e. The number of rotatable bonds is 4. The number of benzene rings is 1. The van der Waals surface area contributed by atoms with Crippen molar-refractivity contribution in [3.05, 3.63) is 46.5 Å². The van der Waals surface area contributed by atoms with E-state index in [-0.39, 0.29) is 11.8 Å². The van der Waals surface area contributed by atoms with Gasteiger partial charge in [0.2, 0.25) is 5.91 Å². The Balaban J connectivity index is 1.70. The van der Waals surface area contributed by atoms with Crippen molar-refractivity contribution in [2.45, 2.75) is 19.4 Å². The lowest BCUT2D eigenvalue weighted by Gasteiger charge is -2.26. The van der Waals surface area contributed by atoms with Gasteiger partial charge in [0.1, 0.15) is 0 Å². The first-order chi connectivity index (χ1) is 11.2. The van der Waals surface area contributed by atoms with Gasteiger partial charge in [-0.25, -0.2) is 4.98 Å². The summed E-state index contributed by atoms with van der Waals surface area (Å²) in [6.07, 6.45) is 1.14. The number of hydrogen-bond acceptors (Lipinski definition) is 4. The van der Waals surface area contributed by atoms with Gasteiger partial charge < -0.3 is 10.2 Å². The molecule has 0 radical (unpaired) electrons. The van der Waals surface area contributed by atoms with E-state index in [2.05, 4.69) is 26.2 Å². The highest BCUT2D eigenvalue weighted by Gasteiger charge is 2.25. The van der Waals surface area contributed by atoms with Gasteiger partial charge in [0.05, 0.1) is 12.2 Å². The number of carbonyl (C=O) groups is 2. The van der Waals surface area contributed by atoms with E-state index in [9.17, 15) is 9.59 Å². The van der Waals surface area contributed by atoms with Crippen LogP contribution in [0.1, 0.15) is 27.3 Å². The lowest BCUT2D eigenvalue weighted by atomic mass is 10.1. The molecule has 0 saturated carbocycles. The lowest BCUT2D eigenvalue weighted by molar-refractivity contribution is -0.115. The first-order valence-corrected chi connectivity index (χ1v) is 9.30. The zero-order valence-electron chi connectivity index (χ0n) is 12.4. The van der Waals surface area contributed by atoms with Crippen molar-refractivity contribution >= 4 is 44.2 Å². The minimum atomic E-state index is -0.0507. The molecule has 2 heterocycles. The molecule has 0 atom stereocenters. The van der Waals surface area contributed by atoms with Crippen molar-refractivity contribution in [3.63, 3.8) is 0 Å². The van der Waals surface area contributed by atoms with Crippen LogP contribution in [0.4, 0.5) is 5.13 Å². The molecule has 2 aromatic rings.